The van der Waals surface area contributed by atoms with Gasteiger partial charge in [-0.3, -0.25) is 0 Å². The summed E-state index contributed by atoms with van der Waals surface area (Å²) in [6.45, 7) is 0.919. The minimum atomic E-state index is 0.324. The van der Waals surface area contributed by atoms with Crippen LogP contribution in [0.15, 0.2) is 49.1 Å². The minimum absolute atomic E-state index is 0.324. The average molecular weight is 379 g/mol. The second kappa shape index (κ2) is 8.09. The van der Waals surface area contributed by atoms with E-state index in [0.717, 1.165) is 11.1 Å². The standard InChI is InChI=1S/C17H16Cl2N4O2/c1-24-17-6-12(8-22-23-10-20-21-11-23)2-5-16(17)25-9-13-3-4-14(18)7-15(13)19/h2-7,10-11,22H,8-9H2,1H3. The molecule has 0 spiro atoms. The van der Waals surface area contributed by atoms with Gasteiger partial charge in [0, 0.05) is 15.6 Å². The molecular formula is C17H16Cl2N4O2. The van der Waals surface area contributed by atoms with Gasteiger partial charge in [0.15, 0.2) is 11.5 Å². The van der Waals surface area contributed by atoms with Gasteiger partial charge in [-0.05, 0) is 29.8 Å². The molecule has 0 saturated carbocycles. The van der Waals surface area contributed by atoms with Crippen LogP contribution < -0.4 is 14.9 Å². The van der Waals surface area contributed by atoms with Crippen LogP contribution in [0.1, 0.15) is 11.1 Å². The maximum absolute atomic E-state index is 6.17. The first-order valence-electron chi connectivity index (χ1n) is 7.48. The molecule has 2 aromatic carbocycles. The number of halogens is 2. The van der Waals surface area contributed by atoms with E-state index in [2.05, 4.69) is 15.6 Å². The Morgan fingerprint density at radius 1 is 1.04 bits per heavy atom. The van der Waals surface area contributed by atoms with Crippen LogP contribution >= 0.6 is 23.2 Å². The van der Waals surface area contributed by atoms with Crippen molar-refractivity contribution in [2.24, 2.45) is 0 Å². The quantitative estimate of drug-likeness (QED) is 0.674. The Balaban J connectivity index is 1.66. The number of methoxy groups -OCH3 is 1. The second-order valence-electron chi connectivity index (χ2n) is 5.21. The molecule has 1 N–H and O–H groups in total. The van der Waals surface area contributed by atoms with Crippen LogP contribution in [0.3, 0.4) is 0 Å². The summed E-state index contributed by atoms with van der Waals surface area (Å²) in [4.78, 5) is 0. The fraction of sp³-hybridized carbons (Fsp3) is 0.176. The Kier molecular flexibility index (Phi) is 5.63. The number of aromatic nitrogens is 3. The number of ether oxygens (including phenoxy) is 2. The minimum Gasteiger partial charge on any atom is -0.493 e. The smallest absolute Gasteiger partial charge is 0.161 e. The molecule has 0 radical (unpaired) electrons. The lowest BCUT2D eigenvalue weighted by Crippen LogP contribution is -2.12. The fourth-order valence-electron chi connectivity index (χ4n) is 2.20. The van der Waals surface area contributed by atoms with Gasteiger partial charge in [-0.25, -0.2) is 4.68 Å². The zero-order valence-corrected chi connectivity index (χ0v) is 15.0. The van der Waals surface area contributed by atoms with E-state index in [1.54, 1.807) is 36.6 Å². The predicted molar refractivity (Wildman–Crippen MR) is 96.9 cm³/mol. The van der Waals surface area contributed by atoms with Gasteiger partial charge in [-0.15, -0.1) is 10.2 Å². The van der Waals surface area contributed by atoms with Crippen LogP contribution in [0.2, 0.25) is 10.0 Å². The van der Waals surface area contributed by atoms with Gasteiger partial charge in [0.1, 0.15) is 19.3 Å². The molecule has 8 heteroatoms. The highest BCUT2D eigenvalue weighted by Crippen LogP contribution is 2.30. The maximum Gasteiger partial charge on any atom is 0.161 e. The lowest BCUT2D eigenvalue weighted by Gasteiger charge is -2.13. The largest absolute Gasteiger partial charge is 0.493 e. The van der Waals surface area contributed by atoms with Crippen molar-refractivity contribution in [3.05, 3.63) is 70.2 Å². The number of hydrogen-bond donors (Lipinski definition) is 1. The van der Waals surface area contributed by atoms with E-state index in [9.17, 15) is 0 Å². The van der Waals surface area contributed by atoms with Gasteiger partial charge < -0.3 is 14.9 Å². The first kappa shape index (κ1) is 17.4. The summed E-state index contributed by atoms with van der Waals surface area (Å²) in [6.07, 6.45) is 3.18. The summed E-state index contributed by atoms with van der Waals surface area (Å²) in [5, 5.41) is 8.63. The molecule has 3 rings (SSSR count). The average Bonchev–Trinajstić information content (AvgIpc) is 3.13. The Labute approximate surface area is 155 Å². The molecule has 0 amide bonds. The predicted octanol–water partition coefficient (Wildman–Crippen LogP) is 3.92. The number of nitrogens with zero attached hydrogens (tertiary/aromatic N) is 3. The maximum atomic E-state index is 6.17. The van der Waals surface area contributed by atoms with Crippen molar-refractivity contribution in [3.8, 4) is 11.5 Å². The van der Waals surface area contributed by atoms with Crippen molar-refractivity contribution >= 4 is 23.2 Å². The van der Waals surface area contributed by atoms with Gasteiger partial charge in [0.25, 0.3) is 0 Å². The first-order chi connectivity index (χ1) is 12.2. The molecule has 0 unspecified atom stereocenters. The monoisotopic (exact) mass is 378 g/mol. The van der Waals surface area contributed by atoms with Crippen LogP contribution in [0.5, 0.6) is 11.5 Å². The first-order valence-corrected chi connectivity index (χ1v) is 8.23. The van der Waals surface area contributed by atoms with Crippen molar-refractivity contribution in [3.63, 3.8) is 0 Å². The van der Waals surface area contributed by atoms with Crippen LogP contribution in [-0.2, 0) is 13.2 Å². The van der Waals surface area contributed by atoms with Crippen LogP contribution in [0, 0.1) is 0 Å². The highest BCUT2D eigenvalue weighted by molar-refractivity contribution is 6.35. The number of nitrogens with one attached hydrogen (secondary N) is 1. The van der Waals surface area contributed by atoms with E-state index in [4.69, 9.17) is 32.7 Å². The molecule has 0 fully saturated rings. The van der Waals surface area contributed by atoms with E-state index in [1.165, 1.54) is 0 Å². The number of hydrogen-bond acceptors (Lipinski definition) is 5. The lowest BCUT2D eigenvalue weighted by molar-refractivity contribution is 0.284. The summed E-state index contributed by atoms with van der Waals surface area (Å²) in [6, 6.07) is 11.1. The fourth-order valence-corrected chi connectivity index (χ4v) is 2.66. The Hall–Kier alpha value is -2.44. The molecule has 25 heavy (non-hydrogen) atoms. The number of rotatable bonds is 7. The van der Waals surface area contributed by atoms with Crippen LogP contribution in [0.25, 0.3) is 0 Å². The summed E-state index contributed by atoms with van der Waals surface area (Å²) in [7, 11) is 1.61. The molecule has 0 aliphatic rings. The van der Waals surface area contributed by atoms with Crippen molar-refractivity contribution in [2.75, 3.05) is 12.5 Å². The van der Waals surface area contributed by atoms with Crippen molar-refractivity contribution in [1.29, 1.82) is 0 Å². The third kappa shape index (κ3) is 4.55. The Morgan fingerprint density at radius 3 is 2.56 bits per heavy atom. The highest BCUT2D eigenvalue weighted by atomic mass is 35.5. The van der Waals surface area contributed by atoms with Gasteiger partial charge in [0.05, 0.1) is 13.7 Å². The Bertz CT molecular complexity index is 841. The van der Waals surface area contributed by atoms with Gasteiger partial charge in [-0.2, -0.15) is 0 Å². The van der Waals surface area contributed by atoms with Crippen molar-refractivity contribution in [1.82, 2.24) is 14.9 Å². The molecule has 0 saturated heterocycles. The SMILES string of the molecule is COc1cc(CNn2cnnc2)ccc1OCc1ccc(Cl)cc1Cl. The van der Waals surface area contributed by atoms with E-state index >= 15 is 0 Å². The normalized spacial score (nSPS) is 10.5. The lowest BCUT2D eigenvalue weighted by atomic mass is 10.2. The Morgan fingerprint density at radius 2 is 1.84 bits per heavy atom. The van der Waals surface area contributed by atoms with Gasteiger partial charge in [-0.1, -0.05) is 35.3 Å². The van der Waals surface area contributed by atoms with Crippen molar-refractivity contribution < 1.29 is 9.47 Å². The number of benzene rings is 2. The molecule has 6 nitrogen and oxygen atoms in total. The zero-order chi connectivity index (χ0) is 17.6. The van der Waals surface area contributed by atoms with Gasteiger partial charge in [0.2, 0.25) is 0 Å². The van der Waals surface area contributed by atoms with Gasteiger partial charge >= 0.3 is 0 Å². The summed E-state index contributed by atoms with van der Waals surface area (Å²) < 4.78 is 12.9. The topological polar surface area (TPSA) is 61.2 Å². The summed E-state index contributed by atoms with van der Waals surface area (Å²) >= 11 is 12.1. The van der Waals surface area contributed by atoms with E-state index in [0.29, 0.717) is 34.7 Å². The van der Waals surface area contributed by atoms with Crippen molar-refractivity contribution in [2.45, 2.75) is 13.2 Å². The molecule has 3 aromatic rings. The van der Waals surface area contributed by atoms with E-state index < -0.39 is 0 Å². The molecule has 1 aromatic heterocycles. The second-order valence-corrected chi connectivity index (χ2v) is 6.06. The summed E-state index contributed by atoms with van der Waals surface area (Å²) in [5.74, 6) is 1.29. The van der Waals surface area contributed by atoms with Crippen LogP contribution in [0.4, 0.5) is 0 Å². The van der Waals surface area contributed by atoms with Crippen LogP contribution in [-0.4, -0.2) is 22.0 Å². The van der Waals surface area contributed by atoms with E-state index in [1.807, 2.05) is 24.3 Å². The summed E-state index contributed by atoms with van der Waals surface area (Å²) in [5.41, 5.74) is 5.03. The zero-order valence-electron chi connectivity index (χ0n) is 13.4. The third-order valence-electron chi connectivity index (χ3n) is 3.51. The molecular weight excluding hydrogens is 363 g/mol. The molecule has 0 aliphatic carbocycles. The molecule has 0 atom stereocenters. The molecule has 0 aliphatic heterocycles. The molecule has 1 heterocycles. The molecule has 0 bridgehead atoms. The highest BCUT2D eigenvalue weighted by Gasteiger charge is 2.08. The third-order valence-corrected chi connectivity index (χ3v) is 4.10. The van der Waals surface area contributed by atoms with E-state index in [-0.39, 0.29) is 0 Å². The molecule has 130 valence electrons.